The molecule has 0 aromatic carbocycles. The molecule has 94 valence electrons. The van der Waals surface area contributed by atoms with E-state index < -0.39 is 0 Å². The molecule has 1 aliphatic rings. The Labute approximate surface area is 98.1 Å². The van der Waals surface area contributed by atoms with Crippen LogP contribution in [-0.4, -0.2) is 37.7 Å². The van der Waals surface area contributed by atoms with Gasteiger partial charge < -0.3 is 15.4 Å². The second-order valence-electron chi connectivity index (χ2n) is 4.83. The molecule has 0 atom stereocenters. The van der Waals surface area contributed by atoms with Gasteiger partial charge in [-0.1, -0.05) is 26.7 Å². The minimum Gasteiger partial charge on any atom is -0.363 e. The summed E-state index contributed by atoms with van der Waals surface area (Å²) in [6.07, 6.45) is 2.22. The van der Waals surface area contributed by atoms with E-state index in [4.69, 9.17) is 4.74 Å². The van der Waals surface area contributed by atoms with Crippen LogP contribution in [0, 0.1) is 5.92 Å². The molecule has 1 rings (SSSR count). The van der Waals surface area contributed by atoms with Crippen molar-refractivity contribution in [3.05, 3.63) is 0 Å². The summed E-state index contributed by atoms with van der Waals surface area (Å²) in [5, 5.41) is 6.06. The van der Waals surface area contributed by atoms with Gasteiger partial charge in [-0.2, -0.15) is 0 Å². The summed E-state index contributed by atoms with van der Waals surface area (Å²) in [4.78, 5) is 11.5. The summed E-state index contributed by atoms with van der Waals surface area (Å²) in [5.41, 5.74) is -0.133. The van der Waals surface area contributed by atoms with Crippen LogP contribution in [0.25, 0.3) is 0 Å². The van der Waals surface area contributed by atoms with Crippen molar-refractivity contribution in [3.63, 3.8) is 0 Å². The topological polar surface area (TPSA) is 50.4 Å². The van der Waals surface area contributed by atoms with Crippen molar-refractivity contribution in [2.45, 2.75) is 39.2 Å². The SMILES string of the molecule is CCC(CC)CNC(=O)COC1(C)CNC1. The zero-order valence-electron chi connectivity index (χ0n) is 10.6. The third kappa shape index (κ3) is 4.10. The number of rotatable bonds is 7. The Morgan fingerprint density at radius 1 is 1.44 bits per heavy atom. The van der Waals surface area contributed by atoms with Gasteiger partial charge in [0.1, 0.15) is 6.61 Å². The summed E-state index contributed by atoms with van der Waals surface area (Å²) < 4.78 is 5.55. The number of hydrogen-bond acceptors (Lipinski definition) is 3. The Morgan fingerprint density at radius 2 is 2.06 bits per heavy atom. The Hall–Kier alpha value is -0.610. The molecule has 1 amide bonds. The molecule has 16 heavy (non-hydrogen) atoms. The van der Waals surface area contributed by atoms with E-state index in [1.165, 1.54) is 0 Å². The number of nitrogens with one attached hydrogen (secondary N) is 2. The van der Waals surface area contributed by atoms with Crippen molar-refractivity contribution in [1.82, 2.24) is 10.6 Å². The van der Waals surface area contributed by atoms with E-state index >= 15 is 0 Å². The molecule has 4 heteroatoms. The van der Waals surface area contributed by atoms with Gasteiger partial charge in [0.25, 0.3) is 0 Å². The van der Waals surface area contributed by atoms with Gasteiger partial charge in [0.2, 0.25) is 5.91 Å². The summed E-state index contributed by atoms with van der Waals surface area (Å²) >= 11 is 0. The van der Waals surface area contributed by atoms with Crippen molar-refractivity contribution in [2.75, 3.05) is 26.2 Å². The van der Waals surface area contributed by atoms with Gasteiger partial charge in [-0.15, -0.1) is 0 Å². The predicted molar refractivity (Wildman–Crippen MR) is 64.3 cm³/mol. The molecule has 0 spiro atoms. The van der Waals surface area contributed by atoms with Gasteiger partial charge in [0.05, 0.1) is 5.60 Å². The minimum absolute atomic E-state index is 0.0000231. The number of ether oxygens (including phenoxy) is 1. The van der Waals surface area contributed by atoms with E-state index in [1.807, 2.05) is 6.92 Å². The highest BCUT2D eigenvalue weighted by molar-refractivity contribution is 5.77. The lowest BCUT2D eigenvalue weighted by Gasteiger charge is -2.38. The fourth-order valence-electron chi connectivity index (χ4n) is 1.71. The third-order valence-corrected chi connectivity index (χ3v) is 3.29. The van der Waals surface area contributed by atoms with Gasteiger partial charge in [0.15, 0.2) is 0 Å². The average molecular weight is 228 g/mol. The quantitative estimate of drug-likeness (QED) is 0.681. The number of carbonyl (C=O) groups is 1. The molecular formula is C12H24N2O2. The number of hydrogen-bond donors (Lipinski definition) is 2. The highest BCUT2D eigenvalue weighted by atomic mass is 16.5. The Balaban J connectivity index is 2.10. The van der Waals surface area contributed by atoms with Crippen LogP contribution in [-0.2, 0) is 9.53 Å². The van der Waals surface area contributed by atoms with Gasteiger partial charge in [-0.3, -0.25) is 4.79 Å². The molecule has 0 saturated carbocycles. The molecule has 4 nitrogen and oxygen atoms in total. The molecule has 0 aromatic heterocycles. The predicted octanol–water partition coefficient (Wildman–Crippen LogP) is 0.917. The first kappa shape index (κ1) is 13.5. The average Bonchev–Trinajstić information content (AvgIpc) is 2.25. The van der Waals surface area contributed by atoms with Crippen molar-refractivity contribution in [2.24, 2.45) is 5.92 Å². The second kappa shape index (κ2) is 6.21. The molecule has 0 radical (unpaired) electrons. The van der Waals surface area contributed by atoms with E-state index in [-0.39, 0.29) is 18.1 Å². The fourth-order valence-corrected chi connectivity index (χ4v) is 1.71. The van der Waals surface area contributed by atoms with Crippen LogP contribution >= 0.6 is 0 Å². The van der Waals surface area contributed by atoms with E-state index in [2.05, 4.69) is 24.5 Å². The highest BCUT2D eigenvalue weighted by Gasteiger charge is 2.32. The number of amides is 1. The van der Waals surface area contributed by atoms with Crippen LogP contribution < -0.4 is 10.6 Å². The molecule has 0 aliphatic carbocycles. The zero-order valence-corrected chi connectivity index (χ0v) is 10.6. The van der Waals surface area contributed by atoms with E-state index in [1.54, 1.807) is 0 Å². The van der Waals surface area contributed by atoms with E-state index in [0.717, 1.165) is 32.5 Å². The highest BCUT2D eigenvalue weighted by Crippen LogP contribution is 2.14. The summed E-state index contributed by atoms with van der Waals surface area (Å²) in [6, 6.07) is 0. The smallest absolute Gasteiger partial charge is 0.246 e. The summed E-state index contributed by atoms with van der Waals surface area (Å²) in [5.74, 6) is 0.588. The third-order valence-electron chi connectivity index (χ3n) is 3.29. The van der Waals surface area contributed by atoms with Crippen molar-refractivity contribution < 1.29 is 9.53 Å². The Morgan fingerprint density at radius 3 is 2.50 bits per heavy atom. The van der Waals surface area contributed by atoms with Crippen LogP contribution in [0.1, 0.15) is 33.6 Å². The Bertz CT molecular complexity index is 223. The van der Waals surface area contributed by atoms with Crippen molar-refractivity contribution >= 4 is 5.91 Å². The standard InChI is InChI=1S/C12H24N2O2/c1-4-10(5-2)6-14-11(15)7-16-12(3)8-13-9-12/h10,13H,4-9H2,1-3H3,(H,14,15). The van der Waals surface area contributed by atoms with Gasteiger partial charge in [0, 0.05) is 19.6 Å². The minimum atomic E-state index is -0.133. The fraction of sp³-hybridized carbons (Fsp3) is 0.917. The molecule has 1 aliphatic heterocycles. The van der Waals surface area contributed by atoms with Gasteiger partial charge in [-0.25, -0.2) is 0 Å². The lowest BCUT2D eigenvalue weighted by Crippen LogP contribution is -2.59. The van der Waals surface area contributed by atoms with Crippen LogP contribution in [0.2, 0.25) is 0 Å². The second-order valence-corrected chi connectivity index (χ2v) is 4.83. The molecule has 0 aromatic rings. The molecule has 2 N–H and O–H groups in total. The van der Waals surface area contributed by atoms with Crippen LogP contribution in [0.4, 0.5) is 0 Å². The summed E-state index contributed by atoms with van der Waals surface area (Å²) in [6.45, 7) is 8.95. The van der Waals surface area contributed by atoms with E-state index in [0.29, 0.717) is 5.92 Å². The maximum Gasteiger partial charge on any atom is 0.246 e. The van der Waals surface area contributed by atoms with Crippen LogP contribution in [0.3, 0.4) is 0 Å². The molecule has 0 bridgehead atoms. The first-order valence-corrected chi connectivity index (χ1v) is 6.21. The summed E-state index contributed by atoms with van der Waals surface area (Å²) in [7, 11) is 0. The lowest BCUT2D eigenvalue weighted by atomic mass is 10.0. The molecule has 0 unspecified atom stereocenters. The maximum absolute atomic E-state index is 11.5. The first-order valence-electron chi connectivity index (χ1n) is 6.21. The zero-order chi connectivity index (χ0) is 12.0. The first-order chi connectivity index (χ1) is 7.59. The van der Waals surface area contributed by atoms with Crippen molar-refractivity contribution in [3.8, 4) is 0 Å². The normalized spacial score (nSPS) is 18.2. The molecule has 1 heterocycles. The van der Waals surface area contributed by atoms with Gasteiger partial charge >= 0.3 is 0 Å². The lowest BCUT2D eigenvalue weighted by molar-refractivity contribution is -0.136. The monoisotopic (exact) mass is 228 g/mol. The maximum atomic E-state index is 11.5. The Kier molecular flexibility index (Phi) is 5.22. The molecule has 1 saturated heterocycles. The van der Waals surface area contributed by atoms with E-state index in [9.17, 15) is 4.79 Å². The van der Waals surface area contributed by atoms with Crippen LogP contribution in [0.15, 0.2) is 0 Å². The van der Waals surface area contributed by atoms with Gasteiger partial charge in [-0.05, 0) is 12.8 Å². The van der Waals surface area contributed by atoms with Crippen LogP contribution in [0.5, 0.6) is 0 Å². The largest absolute Gasteiger partial charge is 0.363 e. The molecule has 1 fully saturated rings. The van der Waals surface area contributed by atoms with Crippen molar-refractivity contribution in [1.29, 1.82) is 0 Å². The molecular weight excluding hydrogens is 204 g/mol. The number of carbonyl (C=O) groups excluding carboxylic acids is 1.